The van der Waals surface area contributed by atoms with Crippen LogP contribution in [0.3, 0.4) is 0 Å². The number of esters is 1. The normalized spacial score (nSPS) is 12.2. The number of carbonyl (C=O) groups excluding carboxylic acids is 1. The summed E-state index contributed by atoms with van der Waals surface area (Å²) in [5, 5.41) is 0. The highest BCUT2D eigenvalue weighted by molar-refractivity contribution is 5.77. The predicted molar refractivity (Wildman–Crippen MR) is 122 cm³/mol. The van der Waals surface area contributed by atoms with E-state index in [0.717, 1.165) is 5.56 Å². The monoisotopic (exact) mass is 457 g/mol. The van der Waals surface area contributed by atoms with Crippen LogP contribution in [0.4, 0.5) is 5.95 Å². The summed E-state index contributed by atoms with van der Waals surface area (Å²) in [4.78, 5) is 24.5. The molecular weight excluding hydrogens is 426 g/mol. The van der Waals surface area contributed by atoms with Crippen molar-refractivity contribution >= 4 is 23.1 Å². The highest BCUT2D eigenvalue weighted by Gasteiger charge is 2.22. The van der Waals surface area contributed by atoms with Gasteiger partial charge in [0.05, 0.1) is 12.9 Å². The Balaban J connectivity index is 1.81. The Morgan fingerprint density at radius 3 is 2.52 bits per heavy atom. The topological polar surface area (TPSA) is 124 Å². The highest BCUT2D eigenvalue weighted by atomic mass is 16.7. The van der Waals surface area contributed by atoms with Gasteiger partial charge in [0.15, 0.2) is 17.5 Å². The molecule has 0 aliphatic heterocycles. The van der Waals surface area contributed by atoms with Gasteiger partial charge < -0.3 is 29.2 Å². The number of hydrogen-bond acceptors (Lipinski definition) is 9. The number of ether oxygens (including phenoxy) is 4. The number of aromatic nitrogens is 4. The molecule has 0 saturated heterocycles. The molecule has 0 fully saturated rings. The quantitative estimate of drug-likeness (QED) is 0.305. The standard InChI is InChI=1S/C23H31N5O5/c1-4-30-19(31-5-2)11-18(14-32-16(3)29)12-28-15-25-20-21(28)26-23(24)27-22(20)33-13-17-9-7-6-8-10-17/h6-10,15,18-19H,4-5,11-14H2,1-3H3,(H2,24,26,27)/t18-/m1/s1. The number of hydrogen-bond donors (Lipinski definition) is 1. The van der Waals surface area contributed by atoms with Crippen molar-refractivity contribution in [3.8, 4) is 5.88 Å². The van der Waals surface area contributed by atoms with Crippen molar-refractivity contribution in [2.75, 3.05) is 25.6 Å². The summed E-state index contributed by atoms with van der Waals surface area (Å²) in [5.74, 6) is -0.0363. The van der Waals surface area contributed by atoms with E-state index in [-0.39, 0.29) is 24.4 Å². The largest absolute Gasteiger partial charge is 0.471 e. The fraction of sp³-hybridized carbons (Fsp3) is 0.478. The van der Waals surface area contributed by atoms with E-state index in [1.165, 1.54) is 6.92 Å². The summed E-state index contributed by atoms with van der Waals surface area (Å²) < 4.78 is 24.4. The summed E-state index contributed by atoms with van der Waals surface area (Å²) in [6.45, 7) is 7.25. The summed E-state index contributed by atoms with van der Waals surface area (Å²) in [6, 6.07) is 9.76. The second-order valence-electron chi connectivity index (χ2n) is 7.47. The van der Waals surface area contributed by atoms with Crippen LogP contribution in [0.15, 0.2) is 36.7 Å². The van der Waals surface area contributed by atoms with Gasteiger partial charge in [-0.15, -0.1) is 0 Å². The van der Waals surface area contributed by atoms with Crippen molar-refractivity contribution in [1.29, 1.82) is 0 Å². The van der Waals surface area contributed by atoms with E-state index in [9.17, 15) is 4.79 Å². The number of benzene rings is 1. The number of nitrogen functional groups attached to an aromatic ring is 1. The van der Waals surface area contributed by atoms with Crippen molar-refractivity contribution in [2.24, 2.45) is 5.92 Å². The first-order valence-corrected chi connectivity index (χ1v) is 11.0. The lowest BCUT2D eigenvalue weighted by atomic mass is 10.1. The molecule has 0 spiro atoms. The van der Waals surface area contributed by atoms with E-state index in [1.807, 2.05) is 48.7 Å². The summed E-state index contributed by atoms with van der Waals surface area (Å²) in [7, 11) is 0. The second kappa shape index (κ2) is 12.1. The van der Waals surface area contributed by atoms with Gasteiger partial charge in [-0.1, -0.05) is 30.3 Å². The van der Waals surface area contributed by atoms with E-state index >= 15 is 0 Å². The van der Waals surface area contributed by atoms with E-state index in [2.05, 4.69) is 15.0 Å². The lowest BCUT2D eigenvalue weighted by molar-refractivity contribution is -0.156. The SMILES string of the molecule is CCOC(C[C@@H](COC(C)=O)Cn1cnc2c(OCc3ccccc3)nc(N)nc21)OCC. The number of nitrogens with two attached hydrogens (primary N) is 1. The first-order chi connectivity index (χ1) is 16.0. The Kier molecular flexibility index (Phi) is 8.96. The fourth-order valence-electron chi connectivity index (χ4n) is 3.43. The molecule has 0 unspecified atom stereocenters. The van der Waals surface area contributed by atoms with Crippen LogP contribution < -0.4 is 10.5 Å². The van der Waals surface area contributed by atoms with Crippen molar-refractivity contribution < 1.29 is 23.7 Å². The molecule has 0 aliphatic carbocycles. The van der Waals surface area contributed by atoms with E-state index in [0.29, 0.717) is 49.8 Å². The Bertz CT molecular complexity index is 1020. The van der Waals surface area contributed by atoms with Gasteiger partial charge in [0.1, 0.15) is 6.61 Å². The summed E-state index contributed by atoms with van der Waals surface area (Å²) >= 11 is 0. The number of fused-ring (bicyclic) bond motifs is 1. The second-order valence-corrected chi connectivity index (χ2v) is 7.47. The van der Waals surface area contributed by atoms with Crippen LogP contribution >= 0.6 is 0 Å². The minimum atomic E-state index is -0.403. The molecule has 0 saturated carbocycles. The number of anilines is 1. The molecule has 0 radical (unpaired) electrons. The first-order valence-electron chi connectivity index (χ1n) is 11.0. The highest BCUT2D eigenvalue weighted by Crippen LogP contribution is 2.24. The molecule has 1 aromatic carbocycles. The summed E-state index contributed by atoms with van der Waals surface area (Å²) in [5.41, 5.74) is 8.02. The lowest BCUT2D eigenvalue weighted by Crippen LogP contribution is -2.27. The molecule has 33 heavy (non-hydrogen) atoms. The van der Waals surface area contributed by atoms with Crippen molar-refractivity contribution in [2.45, 2.75) is 46.6 Å². The minimum Gasteiger partial charge on any atom is -0.471 e. The van der Waals surface area contributed by atoms with Gasteiger partial charge >= 0.3 is 5.97 Å². The third-order valence-electron chi connectivity index (χ3n) is 4.88. The number of carbonyl (C=O) groups is 1. The molecule has 2 heterocycles. The van der Waals surface area contributed by atoms with Gasteiger partial charge in [0.25, 0.3) is 0 Å². The zero-order valence-corrected chi connectivity index (χ0v) is 19.3. The summed E-state index contributed by atoms with van der Waals surface area (Å²) in [6.07, 6.45) is 1.79. The average Bonchev–Trinajstić information content (AvgIpc) is 3.19. The maximum absolute atomic E-state index is 11.4. The molecule has 10 nitrogen and oxygen atoms in total. The van der Waals surface area contributed by atoms with Crippen molar-refractivity contribution in [1.82, 2.24) is 19.5 Å². The molecule has 178 valence electrons. The van der Waals surface area contributed by atoms with Crippen LogP contribution in [0.2, 0.25) is 0 Å². The molecule has 0 amide bonds. The van der Waals surface area contributed by atoms with Crippen molar-refractivity contribution in [3.05, 3.63) is 42.2 Å². The van der Waals surface area contributed by atoms with Gasteiger partial charge in [-0.05, 0) is 19.4 Å². The van der Waals surface area contributed by atoms with Crippen LogP contribution in [-0.4, -0.2) is 51.6 Å². The molecule has 3 aromatic rings. The van der Waals surface area contributed by atoms with Crippen LogP contribution in [0.1, 0.15) is 32.8 Å². The van der Waals surface area contributed by atoms with Gasteiger partial charge in [-0.3, -0.25) is 4.79 Å². The van der Waals surface area contributed by atoms with E-state index in [1.54, 1.807) is 6.33 Å². The fourth-order valence-corrected chi connectivity index (χ4v) is 3.43. The molecule has 2 N–H and O–H groups in total. The first kappa shape index (κ1) is 24.4. The van der Waals surface area contributed by atoms with Gasteiger partial charge in [-0.2, -0.15) is 9.97 Å². The Morgan fingerprint density at radius 1 is 1.12 bits per heavy atom. The number of nitrogens with zero attached hydrogens (tertiary/aromatic N) is 4. The van der Waals surface area contributed by atoms with Gasteiger partial charge in [-0.25, -0.2) is 4.98 Å². The Hall–Kier alpha value is -3.24. The van der Waals surface area contributed by atoms with Gasteiger partial charge in [0, 0.05) is 39.0 Å². The third kappa shape index (κ3) is 7.13. The van der Waals surface area contributed by atoms with Gasteiger partial charge in [0.2, 0.25) is 11.8 Å². The third-order valence-corrected chi connectivity index (χ3v) is 4.88. The maximum Gasteiger partial charge on any atom is 0.302 e. The molecule has 2 aromatic heterocycles. The molecule has 0 aliphatic rings. The van der Waals surface area contributed by atoms with E-state index in [4.69, 9.17) is 24.7 Å². The number of rotatable bonds is 13. The maximum atomic E-state index is 11.4. The zero-order valence-electron chi connectivity index (χ0n) is 19.3. The van der Waals surface area contributed by atoms with Crippen LogP contribution in [0, 0.1) is 5.92 Å². The molecule has 10 heteroatoms. The van der Waals surface area contributed by atoms with Crippen molar-refractivity contribution in [3.63, 3.8) is 0 Å². The van der Waals surface area contributed by atoms with Crippen LogP contribution in [0.5, 0.6) is 5.88 Å². The van der Waals surface area contributed by atoms with E-state index < -0.39 is 6.29 Å². The number of imidazole rings is 1. The van der Waals surface area contributed by atoms with Crippen LogP contribution in [0.25, 0.3) is 11.2 Å². The average molecular weight is 458 g/mol. The zero-order chi connectivity index (χ0) is 23.6. The lowest BCUT2D eigenvalue weighted by Gasteiger charge is -2.23. The smallest absolute Gasteiger partial charge is 0.302 e. The molecule has 3 rings (SSSR count). The molecular formula is C23H31N5O5. The predicted octanol–water partition coefficient (Wildman–Crippen LogP) is 2.96. The Labute approximate surface area is 193 Å². The minimum absolute atomic E-state index is 0.0883. The van der Waals surface area contributed by atoms with Crippen LogP contribution in [-0.2, 0) is 32.2 Å². The Morgan fingerprint density at radius 2 is 1.85 bits per heavy atom. The molecule has 0 bridgehead atoms. The molecule has 1 atom stereocenters.